The van der Waals surface area contributed by atoms with E-state index in [-0.39, 0.29) is 11.2 Å². The first-order valence-electron chi connectivity index (χ1n) is 11.8. The lowest BCUT2D eigenvalue weighted by molar-refractivity contribution is 0.0734. The minimum atomic E-state index is -0.250. The predicted octanol–water partition coefficient (Wildman–Crippen LogP) is 6.96. The van der Waals surface area contributed by atoms with Crippen LogP contribution in [0.2, 0.25) is 0 Å². The molecule has 1 saturated heterocycles. The van der Waals surface area contributed by atoms with E-state index in [1.165, 1.54) is 11.6 Å². The van der Waals surface area contributed by atoms with Crippen LogP contribution in [0.1, 0.15) is 37.5 Å². The molecule has 0 atom stereocenters. The Kier molecular flexibility index (Phi) is 7.78. The highest BCUT2D eigenvalue weighted by molar-refractivity contribution is 5.86. The maximum absolute atomic E-state index is 14.1. The number of nitrogens with zero attached hydrogens (tertiary/aromatic N) is 3. The van der Waals surface area contributed by atoms with Crippen molar-refractivity contribution in [3.8, 4) is 0 Å². The van der Waals surface area contributed by atoms with Gasteiger partial charge in [0.25, 0.3) is 0 Å². The lowest BCUT2D eigenvalue weighted by Crippen LogP contribution is -2.58. The van der Waals surface area contributed by atoms with Crippen LogP contribution >= 0.6 is 0 Å². The molecule has 1 aliphatic rings. The molecule has 1 aliphatic heterocycles. The third-order valence-electron chi connectivity index (χ3n) is 6.55. The molecule has 2 aromatic rings. The fourth-order valence-electron chi connectivity index (χ4n) is 4.68. The molecular weight excluding hydrogens is 423 g/mol. The van der Waals surface area contributed by atoms with Gasteiger partial charge in [-0.2, -0.15) is 0 Å². The van der Waals surface area contributed by atoms with Crippen molar-refractivity contribution in [1.29, 1.82) is 0 Å². The molecule has 0 spiro atoms. The lowest BCUT2D eigenvalue weighted by atomic mass is 9.79. The van der Waals surface area contributed by atoms with Crippen LogP contribution in [-0.4, -0.2) is 37.8 Å². The SMILES string of the molecule is C=CC1(CN(C(=C)C)c2cc(C(=C)Nc3cccc(F)c3C)c(/N=C\C)cc2CC)CN(C)C1. The van der Waals surface area contributed by atoms with Crippen molar-refractivity contribution in [2.45, 2.75) is 34.1 Å². The van der Waals surface area contributed by atoms with Crippen molar-refractivity contribution < 1.29 is 4.39 Å². The average molecular weight is 461 g/mol. The van der Waals surface area contributed by atoms with E-state index in [2.05, 4.69) is 72.0 Å². The highest BCUT2D eigenvalue weighted by Crippen LogP contribution is 2.39. The lowest BCUT2D eigenvalue weighted by Gasteiger charge is -2.49. The van der Waals surface area contributed by atoms with E-state index in [9.17, 15) is 4.39 Å². The summed E-state index contributed by atoms with van der Waals surface area (Å²) in [5.41, 5.74) is 6.90. The van der Waals surface area contributed by atoms with Gasteiger partial charge < -0.3 is 15.1 Å². The van der Waals surface area contributed by atoms with Crippen molar-refractivity contribution in [3.63, 3.8) is 0 Å². The fourth-order valence-corrected chi connectivity index (χ4v) is 4.68. The summed E-state index contributed by atoms with van der Waals surface area (Å²) in [6.07, 6.45) is 4.72. The summed E-state index contributed by atoms with van der Waals surface area (Å²) >= 11 is 0. The zero-order valence-corrected chi connectivity index (χ0v) is 21.2. The zero-order valence-electron chi connectivity index (χ0n) is 21.2. The monoisotopic (exact) mass is 460 g/mol. The minimum absolute atomic E-state index is 0.0209. The summed E-state index contributed by atoms with van der Waals surface area (Å²) in [5.74, 6) is -0.250. The number of rotatable bonds is 10. The van der Waals surface area contributed by atoms with Gasteiger partial charge in [-0.15, -0.1) is 6.58 Å². The number of halogens is 1. The Labute approximate surface area is 204 Å². The highest BCUT2D eigenvalue weighted by Gasteiger charge is 2.40. The van der Waals surface area contributed by atoms with Crippen molar-refractivity contribution >= 4 is 29.0 Å². The van der Waals surface area contributed by atoms with E-state index >= 15 is 0 Å². The van der Waals surface area contributed by atoms with Crippen LogP contribution in [0.15, 0.2) is 66.8 Å². The summed E-state index contributed by atoms with van der Waals surface area (Å²) in [6.45, 7) is 23.3. The zero-order chi connectivity index (χ0) is 25.0. The second-order valence-electron chi connectivity index (χ2n) is 9.32. The summed E-state index contributed by atoms with van der Waals surface area (Å²) in [5, 5.41) is 3.31. The Bertz CT molecular complexity index is 1130. The third-order valence-corrected chi connectivity index (χ3v) is 6.55. The molecule has 34 heavy (non-hydrogen) atoms. The van der Waals surface area contributed by atoms with Crippen LogP contribution in [0.25, 0.3) is 5.70 Å². The topological polar surface area (TPSA) is 30.9 Å². The van der Waals surface area contributed by atoms with Crippen LogP contribution in [0, 0.1) is 18.2 Å². The van der Waals surface area contributed by atoms with Crippen molar-refractivity contribution in [3.05, 3.63) is 84.3 Å². The molecule has 180 valence electrons. The van der Waals surface area contributed by atoms with Crippen molar-refractivity contribution in [2.75, 3.05) is 36.9 Å². The maximum atomic E-state index is 14.1. The van der Waals surface area contributed by atoms with Crippen molar-refractivity contribution in [2.24, 2.45) is 10.4 Å². The largest absolute Gasteiger partial charge is 0.355 e. The van der Waals surface area contributed by atoms with Gasteiger partial charge in [-0.1, -0.05) is 32.2 Å². The first kappa shape index (κ1) is 25.4. The van der Waals surface area contributed by atoms with Crippen LogP contribution in [0.5, 0.6) is 0 Å². The Hall–Kier alpha value is -3.18. The van der Waals surface area contributed by atoms with Crippen molar-refractivity contribution in [1.82, 2.24) is 4.90 Å². The molecule has 2 aromatic carbocycles. The van der Waals surface area contributed by atoms with Gasteiger partial charge in [0.05, 0.1) is 5.69 Å². The molecule has 1 N–H and O–H groups in total. The number of benzene rings is 2. The third kappa shape index (κ3) is 5.15. The van der Waals surface area contributed by atoms with Crippen LogP contribution in [0.3, 0.4) is 0 Å². The Morgan fingerprint density at radius 3 is 2.56 bits per heavy atom. The molecule has 0 saturated carbocycles. The standard InChI is InChI=1S/C29H37FN4/c1-9-23-15-27(31-11-3)24(22(7)32-26-14-12-13-25(30)21(26)6)16-28(23)34(20(4)5)19-29(10-2)17-33(8)18-29/h10-16,32H,2,4,7,9,17-19H2,1,3,5-6,8H3/b31-11-. The number of aliphatic imine (C=N–C) groups is 1. The number of allylic oxidation sites excluding steroid dienone is 1. The molecular formula is C29H37FN4. The van der Waals surface area contributed by atoms with Gasteiger partial charge >= 0.3 is 0 Å². The first-order valence-corrected chi connectivity index (χ1v) is 11.8. The second kappa shape index (κ2) is 10.4. The number of anilines is 2. The minimum Gasteiger partial charge on any atom is -0.355 e. The number of aryl methyl sites for hydroxylation is 1. The summed E-state index contributed by atoms with van der Waals surface area (Å²) in [4.78, 5) is 9.22. The summed E-state index contributed by atoms with van der Waals surface area (Å²) < 4.78 is 14.1. The van der Waals surface area contributed by atoms with Crippen LogP contribution < -0.4 is 10.2 Å². The molecule has 1 fully saturated rings. The Morgan fingerprint density at radius 1 is 1.29 bits per heavy atom. The van der Waals surface area contributed by atoms with E-state index in [0.29, 0.717) is 16.9 Å². The maximum Gasteiger partial charge on any atom is 0.128 e. The number of likely N-dealkylation sites (tertiary alicyclic amines) is 1. The van der Waals surface area contributed by atoms with Gasteiger partial charge in [0.1, 0.15) is 5.82 Å². The van der Waals surface area contributed by atoms with E-state index in [1.54, 1.807) is 19.2 Å². The predicted molar refractivity (Wildman–Crippen MR) is 146 cm³/mol. The molecule has 0 unspecified atom stereocenters. The molecule has 4 nitrogen and oxygen atoms in total. The molecule has 1 heterocycles. The molecule has 5 heteroatoms. The fraction of sp³-hybridized carbons (Fsp3) is 0.345. The van der Waals surface area contributed by atoms with Gasteiger partial charge in [0.2, 0.25) is 0 Å². The van der Waals surface area contributed by atoms with E-state index in [4.69, 9.17) is 0 Å². The van der Waals surface area contributed by atoms with E-state index < -0.39 is 0 Å². The number of hydrogen-bond acceptors (Lipinski definition) is 4. The highest BCUT2D eigenvalue weighted by atomic mass is 19.1. The molecule has 0 bridgehead atoms. The van der Waals surface area contributed by atoms with E-state index in [1.807, 2.05) is 19.9 Å². The second-order valence-corrected chi connectivity index (χ2v) is 9.32. The molecule has 0 radical (unpaired) electrons. The Balaban J connectivity index is 2.07. The smallest absolute Gasteiger partial charge is 0.128 e. The van der Waals surface area contributed by atoms with E-state index in [0.717, 1.165) is 48.7 Å². The normalized spacial score (nSPS) is 15.1. The number of nitrogens with one attached hydrogen (secondary N) is 1. The van der Waals surface area contributed by atoms with Gasteiger partial charge in [0.15, 0.2) is 0 Å². The molecule has 0 aromatic heterocycles. The molecule has 0 aliphatic carbocycles. The molecule has 3 rings (SSSR count). The number of hydrogen-bond donors (Lipinski definition) is 1. The van der Waals surface area contributed by atoms with Gasteiger partial charge in [-0.3, -0.25) is 4.99 Å². The van der Waals surface area contributed by atoms with Gasteiger partial charge in [0, 0.05) is 65.2 Å². The summed E-state index contributed by atoms with van der Waals surface area (Å²) in [7, 11) is 2.13. The molecule has 0 amide bonds. The van der Waals surface area contributed by atoms with Crippen LogP contribution in [-0.2, 0) is 6.42 Å². The van der Waals surface area contributed by atoms with Gasteiger partial charge in [-0.25, -0.2) is 4.39 Å². The summed E-state index contributed by atoms with van der Waals surface area (Å²) in [6, 6.07) is 9.28. The van der Waals surface area contributed by atoms with Gasteiger partial charge in [-0.05, 0) is 64.1 Å². The Morgan fingerprint density at radius 2 is 2.00 bits per heavy atom. The average Bonchev–Trinajstić information content (AvgIpc) is 2.78. The first-order chi connectivity index (χ1) is 16.1. The van der Waals surface area contributed by atoms with Crippen LogP contribution in [0.4, 0.5) is 21.5 Å². The quantitative estimate of drug-likeness (QED) is 0.307.